The molecule has 0 amide bonds. The number of rotatable bonds is 5. The van der Waals surface area contributed by atoms with Crippen molar-refractivity contribution >= 4 is 5.95 Å². The molecule has 0 aliphatic carbocycles. The number of anilines is 1. The predicted molar refractivity (Wildman–Crippen MR) is 116 cm³/mol. The van der Waals surface area contributed by atoms with E-state index in [1.54, 1.807) is 18.4 Å². The van der Waals surface area contributed by atoms with E-state index >= 15 is 0 Å². The molecule has 6 nitrogen and oxygen atoms in total. The van der Waals surface area contributed by atoms with Crippen molar-refractivity contribution in [2.45, 2.75) is 39.3 Å². The molecule has 5 rings (SSSR count). The van der Waals surface area contributed by atoms with Gasteiger partial charge in [0.1, 0.15) is 17.3 Å². The molecule has 4 heterocycles. The summed E-state index contributed by atoms with van der Waals surface area (Å²) in [6.07, 6.45) is 4.82. The van der Waals surface area contributed by atoms with Crippen molar-refractivity contribution in [3.63, 3.8) is 0 Å². The van der Waals surface area contributed by atoms with Gasteiger partial charge in [0.2, 0.25) is 11.8 Å². The first-order chi connectivity index (χ1) is 15.1. The van der Waals surface area contributed by atoms with E-state index in [-0.39, 0.29) is 5.82 Å². The molecule has 7 heteroatoms. The number of fused-ring (bicyclic) bond motifs is 1. The standard InChI is InChI=1S/C24H27FN4O2/c1-17-8-12-29(13-9-17)24-26-22-10-11-28(15-20-3-2-14-30-20)16-21(22)23(27-24)31-19-6-4-18(25)5-7-19/h2-7,14,17H,8-13,15-16H2,1H3. The lowest BCUT2D eigenvalue weighted by atomic mass is 9.99. The fourth-order valence-electron chi connectivity index (χ4n) is 4.23. The molecule has 0 atom stereocenters. The smallest absolute Gasteiger partial charge is 0.228 e. The highest BCUT2D eigenvalue weighted by Gasteiger charge is 2.27. The number of piperidine rings is 1. The summed E-state index contributed by atoms with van der Waals surface area (Å²) in [6.45, 7) is 6.53. The van der Waals surface area contributed by atoms with E-state index < -0.39 is 0 Å². The monoisotopic (exact) mass is 422 g/mol. The van der Waals surface area contributed by atoms with Crippen LogP contribution in [0.25, 0.3) is 0 Å². The number of benzene rings is 1. The molecule has 162 valence electrons. The number of hydrogen-bond donors (Lipinski definition) is 0. The van der Waals surface area contributed by atoms with Crippen molar-refractivity contribution in [3.8, 4) is 11.6 Å². The van der Waals surface area contributed by atoms with E-state index in [9.17, 15) is 4.39 Å². The van der Waals surface area contributed by atoms with Crippen LogP contribution in [0.4, 0.5) is 10.3 Å². The van der Waals surface area contributed by atoms with Crippen molar-refractivity contribution in [1.82, 2.24) is 14.9 Å². The highest BCUT2D eigenvalue weighted by molar-refractivity contribution is 5.43. The number of hydrogen-bond acceptors (Lipinski definition) is 6. The number of aromatic nitrogens is 2. The topological polar surface area (TPSA) is 54.6 Å². The summed E-state index contributed by atoms with van der Waals surface area (Å²) in [6, 6.07) is 9.97. The van der Waals surface area contributed by atoms with Crippen LogP contribution in [0.15, 0.2) is 47.1 Å². The van der Waals surface area contributed by atoms with Crippen LogP contribution >= 0.6 is 0 Å². The molecule has 0 spiro atoms. The normalized spacial score (nSPS) is 17.5. The SMILES string of the molecule is CC1CCN(c2nc3c(c(Oc4ccc(F)cc4)n2)CN(Cc2ccco2)CC3)CC1. The molecule has 0 unspecified atom stereocenters. The summed E-state index contributed by atoms with van der Waals surface area (Å²) in [5.41, 5.74) is 2.03. The lowest BCUT2D eigenvalue weighted by Gasteiger charge is -2.33. The minimum Gasteiger partial charge on any atom is -0.468 e. The van der Waals surface area contributed by atoms with Crippen LogP contribution in [-0.2, 0) is 19.5 Å². The lowest BCUT2D eigenvalue weighted by molar-refractivity contribution is 0.219. The molecular formula is C24H27FN4O2. The Morgan fingerprint density at radius 1 is 1.10 bits per heavy atom. The Morgan fingerprint density at radius 2 is 1.90 bits per heavy atom. The van der Waals surface area contributed by atoms with Crippen LogP contribution < -0.4 is 9.64 Å². The molecule has 2 aliphatic heterocycles. The third kappa shape index (κ3) is 4.56. The van der Waals surface area contributed by atoms with Crippen LogP contribution in [-0.4, -0.2) is 34.5 Å². The number of furan rings is 1. The molecule has 2 aliphatic rings. The first-order valence-electron chi connectivity index (χ1n) is 11.0. The summed E-state index contributed by atoms with van der Waals surface area (Å²) < 4.78 is 25.1. The van der Waals surface area contributed by atoms with Crippen LogP contribution in [0.1, 0.15) is 36.8 Å². The van der Waals surface area contributed by atoms with Crippen LogP contribution in [0.3, 0.4) is 0 Å². The molecule has 0 bridgehead atoms. The maximum Gasteiger partial charge on any atom is 0.228 e. The van der Waals surface area contributed by atoms with E-state index in [1.165, 1.54) is 12.1 Å². The van der Waals surface area contributed by atoms with E-state index in [0.717, 1.165) is 74.3 Å². The molecule has 0 N–H and O–H groups in total. The fourth-order valence-corrected chi connectivity index (χ4v) is 4.23. The minimum atomic E-state index is -0.287. The van der Waals surface area contributed by atoms with Gasteiger partial charge in [-0.05, 0) is 55.2 Å². The summed E-state index contributed by atoms with van der Waals surface area (Å²) in [5, 5.41) is 0. The summed E-state index contributed by atoms with van der Waals surface area (Å²) in [4.78, 5) is 14.3. The van der Waals surface area contributed by atoms with Crippen LogP contribution in [0.5, 0.6) is 11.6 Å². The quantitative estimate of drug-likeness (QED) is 0.589. The first-order valence-corrected chi connectivity index (χ1v) is 11.0. The highest BCUT2D eigenvalue weighted by Crippen LogP contribution is 2.33. The van der Waals surface area contributed by atoms with Gasteiger partial charge in [-0.1, -0.05) is 6.92 Å². The van der Waals surface area contributed by atoms with Crippen molar-refractivity contribution in [3.05, 3.63) is 65.5 Å². The van der Waals surface area contributed by atoms with E-state index in [1.807, 2.05) is 12.1 Å². The molecular weight excluding hydrogens is 395 g/mol. The van der Waals surface area contributed by atoms with Gasteiger partial charge in [-0.15, -0.1) is 0 Å². The largest absolute Gasteiger partial charge is 0.468 e. The summed E-state index contributed by atoms with van der Waals surface area (Å²) >= 11 is 0. The Labute approximate surface area is 181 Å². The maximum absolute atomic E-state index is 13.4. The van der Waals surface area contributed by atoms with Gasteiger partial charge in [0.05, 0.1) is 24.1 Å². The second-order valence-corrected chi connectivity index (χ2v) is 8.52. The molecule has 1 saturated heterocycles. The molecule has 1 aromatic carbocycles. The summed E-state index contributed by atoms with van der Waals surface area (Å²) in [7, 11) is 0. The van der Waals surface area contributed by atoms with E-state index in [2.05, 4.69) is 16.7 Å². The first kappa shape index (κ1) is 20.0. The average molecular weight is 423 g/mol. The van der Waals surface area contributed by atoms with Gasteiger partial charge in [0.25, 0.3) is 0 Å². The Hall–Kier alpha value is -2.93. The van der Waals surface area contributed by atoms with Crippen LogP contribution in [0.2, 0.25) is 0 Å². The predicted octanol–water partition coefficient (Wildman–Crippen LogP) is 4.80. The Bertz CT molecular complexity index is 1010. The second kappa shape index (κ2) is 8.67. The van der Waals surface area contributed by atoms with E-state index in [0.29, 0.717) is 18.2 Å². The molecule has 1 fully saturated rings. The molecule has 2 aromatic heterocycles. The molecule has 31 heavy (non-hydrogen) atoms. The van der Waals surface area contributed by atoms with Crippen molar-refractivity contribution in [2.24, 2.45) is 5.92 Å². The van der Waals surface area contributed by atoms with E-state index in [4.69, 9.17) is 19.1 Å². The Balaban J connectivity index is 1.45. The van der Waals surface area contributed by atoms with Crippen molar-refractivity contribution in [2.75, 3.05) is 24.5 Å². The zero-order valence-electron chi connectivity index (χ0n) is 17.8. The Morgan fingerprint density at radius 3 is 2.65 bits per heavy atom. The average Bonchev–Trinajstić information content (AvgIpc) is 3.29. The third-order valence-corrected chi connectivity index (χ3v) is 6.14. The van der Waals surface area contributed by atoms with Crippen molar-refractivity contribution < 1.29 is 13.5 Å². The Kier molecular flexibility index (Phi) is 5.59. The number of halogens is 1. The zero-order valence-corrected chi connectivity index (χ0v) is 17.8. The summed E-state index contributed by atoms with van der Waals surface area (Å²) in [5.74, 6) is 3.26. The van der Waals surface area contributed by atoms with Crippen LogP contribution in [0, 0.1) is 11.7 Å². The van der Waals surface area contributed by atoms with Gasteiger partial charge < -0.3 is 14.1 Å². The zero-order chi connectivity index (χ0) is 21.2. The molecule has 0 saturated carbocycles. The maximum atomic E-state index is 13.4. The minimum absolute atomic E-state index is 0.287. The molecule has 3 aromatic rings. The van der Waals surface area contributed by atoms with Gasteiger partial charge in [-0.25, -0.2) is 9.37 Å². The lowest BCUT2D eigenvalue weighted by Crippen LogP contribution is -2.36. The van der Waals surface area contributed by atoms with Gasteiger partial charge >= 0.3 is 0 Å². The highest BCUT2D eigenvalue weighted by atomic mass is 19.1. The number of nitrogens with zero attached hydrogens (tertiary/aromatic N) is 4. The van der Waals surface area contributed by atoms with Gasteiger partial charge in [0.15, 0.2) is 0 Å². The van der Waals surface area contributed by atoms with Crippen molar-refractivity contribution in [1.29, 1.82) is 0 Å². The second-order valence-electron chi connectivity index (χ2n) is 8.52. The van der Waals surface area contributed by atoms with Gasteiger partial charge in [0, 0.05) is 32.6 Å². The van der Waals surface area contributed by atoms with Gasteiger partial charge in [-0.3, -0.25) is 4.90 Å². The molecule has 0 radical (unpaired) electrons. The van der Waals surface area contributed by atoms with Gasteiger partial charge in [-0.2, -0.15) is 4.98 Å². The fraction of sp³-hybridized carbons (Fsp3) is 0.417. The number of ether oxygens (including phenoxy) is 1. The third-order valence-electron chi connectivity index (χ3n) is 6.14.